The summed E-state index contributed by atoms with van der Waals surface area (Å²) in [7, 11) is 0. The second-order valence-electron chi connectivity index (χ2n) is 6.50. The maximum atomic E-state index is 12.7. The lowest BCUT2D eigenvalue weighted by Gasteiger charge is -2.29. The molecule has 0 aliphatic carbocycles. The van der Waals surface area contributed by atoms with Crippen molar-refractivity contribution in [3.63, 3.8) is 0 Å². The van der Waals surface area contributed by atoms with Crippen molar-refractivity contribution in [1.29, 1.82) is 0 Å². The van der Waals surface area contributed by atoms with Crippen molar-refractivity contribution in [1.82, 2.24) is 15.5 Å². The second-order valence-corrected chi connectivity index (χ2v) is 6.50. The van der Waals surface area contributed by atoms with E-state index in [4.69, 9.17) is 5.11 Å². The van der Waals surface area contributed by atoms with Crippen LogP contribution in [0.4, 0.5) is 0 Å². The average molecular weight is 373 g/mol. The summed E-state index contributed by atoms with van der Waals surface area (Å²) in [4.78, 5) is 61.2. The number of rotatable bonds is 5. The Morgan fingerprint density at radius 2 is 2.07 bits per heavy atom. The van der Waals surface area contributed by atoms with Gasteiger partial charge in [-0.15, -0.1) is 0 Å². The molecule has 9 nitrogen and oxygen atoms in total. The summed E-state index contributed by atoms with van der Waals surface area (Å²) in [6.07, 6.45) is 0.584. The molecule has 2 heterocycles. The number of piperidine rings is 1. The molecular formula is C18H19N3O6. The molecule has 3 rings (SSSR count). The summed E-state index contributed by atoms with van der Waals surface area (Å²) < 4.78 is 0. The minimum Gasteiger partial charge on any atom is -0.480 e. The van der Waals surface area contributed by atoms with Gasteiger partial charge >= 0.3 is 5.97 Å². The SMILES string of the molecule is CC[C@@H](NC(=O)c1cccc2c1CN(C1CCC(=O)NC1=O)C2=O)C(=O)O. The molecule has 9 heteroatoms. The van der Waals surface area contributed by atoms with Crippen LogP contribution in [0.3, 0.4) is 0 Å². The number of amides is 4. The Bertz CT molecular complexity index is 849. The van der Waals surface area contributed by atoms with Gasteiger partial charge in [0.2, 0.25) is 11.8 Å². The van der Waals surface area contributed by atoms with Gasteiger partial charge in [0.1, 0.15) is 12.1 Å². The third-order valence-electron chi connectivity index (χ3n) is 4.84. The highest BCUT2D eigenvalue weighted by atomic mass is 16.4. The minimum atomic E-state index is -1.14. The Morgan fingerprint density at radius 3 is 2.70 bits per heavy atom. The molecule has 0 bridgehead atoms. The van der Waals surface area contributed by atoms with Gasteiger partial charge in [-0.1, -0.05) is 13.0 Å². The minimum absolute atomic E-state index is 0.0495. The highest BCUT2D eigenvalue weighted by Crippen LogP contribution is 2.29. The van der Waals surface area contributed by atoms with Gasteiger partial charge in [-0.25, -0.2) is 4.79 Å². The number of hydrogen-bond acceptors (Lipinski definition) is 5. The van der Waals surface area contributed by atoms with Crippen molar-refractivity contribution in [3.05, 3.63) is 34.9 Å². The molecule has 2 aliphatic rings. The normalized spacial score (nSPS) is 20.1. The van der Waals surface area contributed by atoms with E-state index in [9.17, 15) is 24.0 Å². The Hall–Kier alpha value is -3.23. The molecule has 3 N–H and O–H groups in total. The van der Waals surface area contributed by atoms with E-state index in [1.807, 2.05) is 0 Å². The molecule has 27 heavy (non-hydrogen) atoms. The number of carbonyl (C=O) groups is 5. The maximum absolute atomic E-state index is 12.7. The molecule has 0 spiro atoms. The molecule has 1 saturated heterocycles. The molecule has 0 aromatic heterocycles. The summed E-state index contributed by atoms with van der Waals surface area (Å²) in [5.74, 6) is -3.02. The first-order chi connectivity index (χ1) is 12.8. The van der Waals surface area contributed by atoms with Crippen LogP contribution in [0.5, 0.6) is 0 Å². The Balaban J connectivity index is 1.85. The van der Waals surface area contributed by atoms with Crippen LogP contribution < -0.4 is 10.6 Å². The first kappa shape index (κ1) is 18.6. The van der Waals surface area contributed by atoms with E-state index >= 15 is 0 Å². The third-order valence-corrected chi connectivity index (χ3v) is 4.84. The standard InChI is InChI=1S/C18H19N3O6/c1-2-12(18(26)27)19-15(23)9-4-3-5-10-11(9)8-21(17(10)25)13-6-7-14(22)20-16(13)24/h3-5,12-13H,2,6-8H2,1H3,(H,19,23)(H,26,27)(H,20,22,24)/t12-,13?/m1/s1. The van der Waals surface area contributed by atoms with Crippen LogP contribution in [-0.2, 0) is 20.9 Å². The lowest BCUT2D eigenvalue weighted by Crippen LogP contribution is -2.52. The molecule has 142 valence electrons. The van der Waals surface area contributed by atoms with Crippen molar-refractivity contribution in [2.24, 2.45) is 0 Å². The predicted octanol–water partition coefficient (Wildman–Crippen LogP) is 0.0406. The molecule has 2 atom stereocenters. The summed E-state index contributed by atoms with van der Waals surface area (Å²) in [6.45, 7) is 1.69. The van der Waals surface area contributed by atoms with E-state index in [2.05, 4.69) is 10.6 Å². The number of carboxylic acids is 1. The maximum Gasteiger partial charge on any atom is 0.326 e. The number of carbonyl (C=O) groups excluding carboxylic acids is 4. The first-order valence-corrected chi connectivity index (χ1v) is 8.63. The van der Waals surface area contributed by atoms with Crippen LogP contribution in [0.1, 0.15) is 52.5 Å². The van der Waals surface area contributed by atoms with E-state index in [1.165, 1.54) is 11.0 Å². The van der Waals surface area contributed by atoms with Gasteiger partial charge in [0.05, 0.1) is 0 Å². The van der Waals surface area contributed by atoms with E-state index in [-0.39, 0.29) is 43.2 Å². The fourth-order valence-electron chi connectivity index (χ4n) is 3.37. The number of hydrogen-bond donors (Lipinski definition) is 3. The van der Waals surface area contributed by atoms with Crippen LogP contribution in [0, 0.1) is 0 Å². The largest absolute Gasteiger partial charge is 0.480 e. The van der Waals surface area contributed by atoms with E-state index in [0.717, 1.165) is 0 Å². The Kier molecular flexibility index (Phi) is 4.93. The quantitative estimate of drug-likeness (QED) is 0.624. The van der Waals surface area contributed by atoms with Gasteiger partial charge < -0.3 is 15.3 Å². The summed E-state index contributed by atoms with van der Waals surface area (Å²) >= 11 is 0. The van der Waals surface area contributed by atoms with Crippen LogP contribution in [-0.4, -0.2) is 51.7 Å². The molecule has 2 aliphatic heterocycles. The van der Waals surface area contributed by atoms with Crippen LogP contribution in [0.2, 0.25) is 0 Å². The topological polar surface area (TPSA) is 133 Å². The molecule has 0 saturated carbocycles. The van der Waals surface area contributed by atoms with Crippen LogP contribution >= 0.6 is 0 Å². The van der Waals surface area contributed by atoms with Crippen LogP contribution in [0.25, 0.3) is 0 Å². The fraction of sp³-hybridized carbons (Fsp3) is 0.389. The number of imide groups is 1. The van der Waals surface area contributed by atoms with Gasteiger partial charge in [-0.05, 0) is 30.5 Å². The first-order valence-electron chi connectivity index (χ1n) is 8.63. The number of benzene rings is 1. The fourth-order valence-corrected chi connectivity index (χ4v) is 3.37. The molecular weight excluding hydrogens is 354 g/mol. The summed E-state index contributed by atoms with van der Waals surface area (Å²) in [5.41, 5.74) is 0.955. The molecule has 1 fully saturated rings. The van der Waals surface area contributed by atoms with E-state index in [1.54, 1.807) is 19.1 Å². The average Bonchev–Trinajstić information content (AvgIpc) is 2.96. The zero-order valence-corrected chi connectivity index (χ0v) is 14.7. The van der Waals surface area contributed by atoms with Crippen molar-refractivity contribution in [2.75, 3.05) is 0 Å². The molecule has 4 amide bonds. The number of aliphatic carboxylic acids is 1. The number of carboxylic acid groups (broad SMARTS) is 1. The van der Waals surface area contributed by atoms with Gasteiger partial charge in [0, 0.05) is 24.1 Å². The monoisotopic (exact) mass is 373 g/mol. The van der Waals surface area contributed by atoms with Crippen molar-refractivity contribution in [3.8, 4) is 0 Å². The van der Waals surface area contributed by atoms with Crippen molar-refractivity contribution < 1.29 is 29.1 Å². The number of nitrogens with one attached hydrogen (secondary N) is 2. The highest BCUT2D eigenvalue weighted by molar-refractivity contribution is 6.08. The van der Waals surface area contributed by atoms with Gasteiger partial charge in [0.15, 0.2) is 0 Å². The third kappa shape index (κ3) is 3.40. The summed E-state index contributed by atoms with van der Waals surface area (Å²) in [6, 6.07) is 2.82. The lowest BCUT2D eigenvalue weighted by molar-refractivity contribution is -0.139. The van der Waals surface area contributed by atoms with Crippen molar-refractivity contribution in [2.45, 2.75) is 44.8 Å². The summed E-state index contributed by atoms with van der Waals surface area (Å²) in [5, 5.41) is 13.8. The van der Waals surface area contributed by atoms with Gasteiger partial charge in [-0.3, -0.25) is 24.5 Å². The van der Waals surface area contributed by atoms with Gasteiger partial charge in [0.25, 0.3) is 11.8 Å². The smallest absolute Gasteiger partial charge is 0.326 e. The zero-order valence-electron chi connectivity index (χ0n) is 14.7. The highest BCUT2D eigenvalue weighted by Gasteiger charge is 2.40. The Labute approximate surface area is 154 Å². The molecule has 1 aromatic rings. The van der Waals surface area contributed by atoms with Gasteiger partial charge in [-0.2, -0.15) is 0 Å². The lowest BCUT2D eigenvalue weighted by atomic mass is 10.0. The molecule has 1 aromatic carbocycles. The Morgan fingerprint density at radius 1 is 1.33 bits per heavy atom. The molecule has 1 unspecified atom stereocenters. The zero-order chi connectivity index (χ0) is 19.7. The van der Waals surface area contributed by atoms with E-state index in [0.29, 0.717) is 11.1 Å². The predicted molar refractivity (Wildman–Crippen MR) is 91.7 cm³/mol. The molecule has 0 radical (unpaired) electrons. The number of nitrogens with zero attached hydrogens (tertiary/aromatic N) is 1. The number of fused-ring (bicyclic) bond motifs is 1. The van der Waals surface area contributed by atoms with Crippen molar-refractivity contribution >= 4 is 29.6 Å². The second kappa shape index (κ2) is 7.18. The van der Waals surface area contributed by atoms with E-state index < -0.39 is 29.9 Å². The van der Waals surface area contributed by atoms with Crippen LogP contribution in [0.15, 0.2) is 18.2 Å².